The molecule has 8 nitrogen and oxygen atoms in total. The molecule has 0 atom stereocenters. The number of nitrogens with zero attached hydrogens (tertiary/aromatic N) is 5. The average molecular weight is 498 g/mol. The molecule has 10 heteroatoms. The van der Waals surface area contributed by atoms with Crippen molar-refractivity contribution in [1.82, 2.24) is 35.0 Å². The summed E-state index contributed by atoms with van der Waals surface area (Å²) in [5.74, 6) is -2.62. The molecule has 184 valence electrons. The van der Waals surface area contributed by atoms with E-state index in [4.69, 9.17) is 4.42 Å². The SMILES string of the molecule is FC1(F)CCN(Cc2cncc(-c3cc4c(-c5cc6c(-c7ccoc7)ccnc6[nH]5)n[nH]c4cn3)c2)C1. The van der Waals surface area contributed by atoms with Crippen molar-refractivity contribution in [2.45, 2.75) is 18.9 Å². The minimum Gasteiger partial charge on any atom is -0.472 e. The van der Waals surface area contributed by atoms with Gasteiger partial charge in [-0.1, -0.05) is 0 Å². The second kappa shape index (κ2) is 8.31. The molecule has 0 saturated carbocycles. The number of pyridine rings is 3. The summed E-state index contributed by atoms with van der Waals surface area (Å²) < 4.78 is 32.5. The fourth-order valence-electron chi connectivity index (χ4n) is 5.02. The summed E-state index contributed by atoms with van der Waals surface area (Å²) in [6.45, 7) is 0.583. The van der Waals surface area contributed by atoms with Gasteiger partial charge in [0, 0.05) is 60.0 Å². The summed E-state index contributed by atoms with van der Waals surface area (Å²) in [7, 11) is 0. The normalized spacial score (nSPS) is 15.7. The first kappa shape index (κ1) is 21.8. The first-order chi connectivity index (χ1) is 18.0. The molecule has 1 aliphatic rings. The summed E-state index contributed by atoms with van der Waals surface area (Å²) in [6, 6.07) is 9.84. The van der Waals surface area contributed by atoms with Gasteiger partial charge in [-0.2, -0.15) is 5.10 Å². The van der Waals surface area contributed by atoms with Gasteiger partial charge in [0.15, 0.2) is 0 Å². The lowest BCUT2D eigenvalue weighted by Crippen LogP contribution is -2.24. The van der Waals surface area contributed by atoms with E-state index in [0.717, 1.165) is 61.3 Å². The van der Waals surface area contributed by atoms with E-state index in [9.17, 15) is 8.78 Å². The third-order valence-electron chi connectivity index (χ3n) is 6.81. The molecule has 1 fully saturated rings. The van der Waals surface area contributed by atoms with Crippen molar-refractivity contribution in [3.05, 3.63) is 73.2 Å². The van der Waals surface area contributed by atoms with E-state index in [1.54, 1.807) is 42.2 Å². The Bertz CT molecular complexity index is 1740. The molecule has 0 aromatic carbocycles. The van der Waals surface area contributed by atoms with Gasteiger partial charge in [0.25, 0.3) is 5.92 Å². The van der Waals surface area contributed by atoms with Crippen molar-refractivity contribution in [2.75, 3.05) is 13.1 Å². The molecule has 0 aliphatic carbocycles. The minimum atomic E-state index is -2.62. The molecule has 1 saturated heterocycles. The second-order valence-corrected chi connectivity index (χ2v) is 9.40. The van der Waals surface area contributed by atoms with Crippen LogP contribution in [0.1, 0.15) is 12.0 Å². The van der Waals surface area contributed by atoms with Crippen molar-refractivity contribution in [3.63, 3.8) is 0 Å². The Kier molecular flexibility index (Phi) is 4.90. The lowest BCUT2D eigenvalue weighted by molar-refractivity contribution is 0.0115. The van der Waals surface area contributed by atoms with Gasteiger partial charge in [-0.25, -0.2) is 13.8 Å². The molecule has 6 aromatic rings. The fourth-order valence-corrected chi connectivity index (χ4v) is 5.02. The van der Waals surface area contributed by atoms with Crippen LogP contribution in [-0.2, 0) is 6.54 Å². The summed E-state index contributed by atoms with van der Waals surface area (Å²) in [5.41, 5.74) is 7.53. The van der Waals surface area contributed by atoms with Crippen LogP contribution in [0.2, 0.25) is 0 Å². The first-order valence-corrected chi connectivity index (χ1v) is 11.9. The Hall–Kier alpha value is -4.44. The summed E-state index contributed by atoms with van der Waals surface area (Å²) in [6.07, 6.45) is 10.2. The Morgan fingerprint density at radius 1 is 1.03 bits per heavy atom. The van der Waals surface area contributed by atoms with E-state index in [-0.39, 0.29) is 13.0 Å². The summed E-state index contributed by atoms with van der Waals surface area (Å²) in [5, 5.41) is 9.47. The fraction of sp³-hybridized carbons (Fsp3) is 0.185. The monoisotopic (exact) mass is 497 g/mol. The Morgan fingerprint density at radius 2 is 1.97 bits per heavy atom. The van der Waals surface area contributed by atoms with Crippen molar-refractivity contribution >= 4 is 21.9 Å². The third kappa shape index (κ3) is 3.95. The lowest BCUT2D eigenvalue weighted by atomic mass is 10.1. The highest BCUT2D eigenvalue weighted by Crippen LogP contribution is 2.34. The number of hydrogen-bond donors (Lipinski definition) is 2. The number of fused-ring (bicyclic) bond motifs is 2. The predicted octanol–water partition coefficient (Wildman–Crippen LogP) is 5.66. The van der Waals surface area contributed by atoms with Crippen molar-refractivity contribution in [2.24, 2.45) is 0 Å². The number of H-pyrrole nitrogens is 2. The maximum atomic E-state index is 13.6. The third-order valence-corrected chi connectivity index (χ3v) is 6.81. The molecule has 0 bridgehead atoms. The smallest absolute Gasteiger partial charge is 0.261 e. The molecular weight excluding hydrogens is 476 g/mol. The van der Waals surface area contributed by atoms with Crippen molar-refractivity contribution in [1.29, 1.82) is 0 Å². The number of furan rings is 1. The van der Waals surface area contributed by atoms with Crippen LogP contribution < -0.4 is 0 Å². The highest BCUT2D eigenvalue weighted by atomic mass is 19.3. The predicted molar refractivity (Wildman–Crippen MR) is 135 cm³/mol. The van der Waals surface area contributed by atoms with Crippen LogP contribution in [0.3, 0.4) is 0 Å². The zero-order valence-electron chi connectivity index (χ0n) is 19.6. The number of likely N-dealkylation sites (tertiary alicyclic amines) is 1. The van der Waals surface area contributed by atoms with E-state index in [0.29, 0.717) is 13.1 Å². The Morgan fingerprint density at radius 3 is 2.81 bits per heavy atom. The molecule has 7 heterocycles. The van der Waals surface area contributed by atoms with Gasteiger partial charge in [0.05, 0.1) is 42.2 Å². The van der Waals surface area contributed by atoms with Crippen LogP contribution in [0.4, 0.5) is 8.78 Å². The van der Waals surface area contributed by atoms with Gasteiger partial charge < -0.3 is 9.40 Å². The second-order valence-electron chi connectivity index (χ2n) is 9.40. The Balaban J connectivity index is 1.24. The van der Waals surface area contributed by atoms with Gasteiger partial charge >= 0.3 is 0 Å². The van der Waals surface area contributed by atoms with Gasteiger partial charge in [-0.3, -0.25) is 20.0 Å². The molecule has 6 aromatic heterocycles. The maximum Gasteiger partial charge on any atom is 0.261 e. The zero-order valence-corrected chi connectivity index (χ0v) is 19.6. The maximum absolute atomic E-state index is 13.6. The number of nitrogens with one attached hydrogen (secondary N) is 2. The van der Waals surface area contributed by atoms with Crippen molar-refractivity contribution in [3.8, 4) is 33.8 Å². The van der Waals surface area contributed by atoms with E-state index in [2.05, 4.69) is 30.1 Å². The van der Waals surface area contributed by atoms with Crippen LogP contribution in [0.15, 0.2) is 72.1 Å². The van der Waals surface area contributed by atoms with Crippen LogP contribution in [0.5, 0.6) is 0 Å². The number of hydrogen-bond acceptors (Lipinski definition) is 6. The van der Waals surface area contributed by atoms with Crippen LogP contribution in [-0.4, -0.2) is 54.0 Å². The van der Waals surface area contributed by atoms with Crippen molar-refractivity contribution < 1.29 is 13.2 Å². The number of rotatable bonds is 5. The standard InChI is InChI=1S/C27H21F2N7O/c28-27(29)3-5-36(15-27)13-16-7-18(11-30-10-16)22-9-21-24(12-32-22)34-35-25(21)23-8-20-19(17-2-6-37-14-17)1-4-31-26(20)33-23/h1-2,4,6-12,14H,3,5,13,15H2,(H,31,33)(H,34,35). The molecule has 2 N–H and O–H groups in total. The van der Waals surface area contributed by atoms with E-state index >= 15 is 0 Å². The molecule has 0 radical (unpaired) electrons. The minimum absolute atomic E-state index is 0.103. The highest BCUT2D eigenvalue weighted by molar-refractivity contribution is 6.00. The van der Waals surface area contributed by atoms with Gasteiger partial charge in [-0.15, -0.1) is 0 Å². The van der Waals surface area contributed by atoms with E-state index in [1.165, 1.54) is 0 Å². The largest absolute Gasteiger partial charge is 0.472 e. The number of aromatic amines is 2. The van der Waals surface area contributed by atoms with Crippen LogP contribution >= 0.6 is 0 Å². The van der Waals surface area contributed by atoms with Gasteiger partial charge in [0.2, 0.25) is 0 Å². The van der Waals surface area contributed by atoms with E-state index in [1.807, 2.05) is 30.3 Å². The first-order valence-electron chi connectivity index (χ1n) is 11.9. The topological polar surface area (TPSA) is 99.5 Å². The molecule has 0 amide bonds. The molecule has 7 rings (SSSR count). The van der Waals surface area contributed by atoms with Gasteiger partial charge in [-0.05, 0) is 41.5 Å². The zero-order chi connectivity index (χ0) is 25.0. The highest BCUT2D eigenvalue weighted by Gasteiger charge is 2.37. The number of aromatic nitrogens is 6. The quantitative estimate of drug-likeness (QED) is 0.319. The molecule has 37 heavy (non-hydrogen) atoms. The Labute approximate surface area is 209 Å². The molecule has 0 unspecified atom stereocenters. The molecule has 0 spiro atoms. The van der Waals surface area contributed by atoms with E-state index < -0.39 is 5.92 Å². The van der Waals surface area contributed by atoms with Crippen LogP contribution in [0, 0.1) is 0 Å². The average Bonchev–Trinajstić information content (AvgIpc) is 3.69. The number of alkyl halides is 2. The molecule has 1 aliphatic heterocycles. The molecular formula is C27H21F2N7O. The van der Waals surface area contributed by atoms with Crippen LogP contribution in [0.25, 0.3) is 55.7 Å². The summed E-state index contributed by atoms with van der Waals surface area (Å²) >= 11 is 0. The number of halogens is 2. The lowest BCUT2D eigenvalue weighted by Gasteiger charge is -2.15. The van der Waals surface area contributed by atoms with Gasteiger partial charge in [0.1, 0.15) is 11.3 Å². The summed E-state index contributed by atoms with van der Waals surface area (Å²) in [4.78, 5) is 18.6.